The van der Waals surface area contributed by atoms with Gasteiger partial charge in [0.15, 0.2) is 0 Å². The molecule has 42 heavy (non-hydrogen) atoms. The van der Waals surface area contributed by atoms with Crippen molar-refractivity contribution >= 4 is 18.3 Å². The van der Waals surface area contributed by atoms with E-state index in [1.165, 1.54) is 96.3 Å². The molecule has 0 radical (unpaired) electrons. The molecule has 2 aliphatic heterocycles. The summed E-state index contributed by atoms with van der Waals surface area (Å²) in [6.45, 7) is 5.69. The van der Waals surface area contributed by atoms with Crippen molar-refractivity contribution < 1.29 is 19.1 Å². The zero-order chi connectivity index (χ0) is 30.1. The van der Waals surface area contributed by atoms with Gasteiger partial charge in [0.25, 0.3) is 0 Å². The average Bonchev–Trinajstić information content (AvgIpc) is 3.41. The summed E-state index contributed by atoms with van der Waals surface area (Å²) in [5, 5.41) is 5.89. The molecule has 2 fully saturated rings. The van der Waals surface area contributed by atoms with Crippen LogP contribution in [0.25, 0.3) is 0 Å². The standard InChI is InChI=1S/C34H64N4O4/c1-2-3-4-5-6-7-8-9-10-11-12-13-14-15-16-18-25-35-34(41)38-27-19-17-21-31(38)24-29-42-32(36-30-39)23-28-37-26-20-22-33(37)40/h30-32H,2-29H2,1H3,(H,35,41)(H,36,39). The Bertz CT molecular complexity index is 707. The van der Waals surface area contributed by atoms with E-state index in [1.807, 2.05) is 9.80 Å². The van der Waals surface area contributed by atoms with Crippen LogP contribution in [0.15, 0.2) is 0 Å². The van der Waals surface area contributed by atoms with E-state index in [4.69, 9.17) is 4.74 Å². The normalized spacial score (nSPS) is 17.9. The number of urea groups is 1. The highest BCUT2D eigenvalue weighted by atomic mass is 16.5. The lowest BCUT2D eigenvalue weighted by Gasteiger charge is -2.36. The zero-order valence-corrected chi connectivity index (χ0v) is 27.1. The maximum Gasteiger partial charge on any atom is 0.317 e. The Morgan fingerprint density at radius 2 is 1.50 bits per heavy atom. The summed E-state index contributed by atoms with van der Waals surface area (Å²) >= 11 is 0. The zero-order valence-electron chi connectivity index (χ0n) is 27.1. The number of unbranched alkanes of at least 4 members (excludes halogenated alkanes) is 15. The number of hydrogen-bond donors (Lipinski definition) is 2. The summed E-state index contributed by atoms with van der Waals surface area (Å²) in [6, 6.07) is 0.220. The molecule has 4 amide bonds. The minimum Gasteiger partial charge on any atom is -0.358 e. The second kappa shape index (κ2) is 24.6. The second-order valence-corrected chi connectivity index (χ2v) is 12.6. The minimum absolute atomic E-state index is 0.0516. The summed E-state index contributed by atoms with van der Waals surface area (Å²) in [4.78, 5) is 39.7. The summed E-state index contributed by atoms with van der Waals surface area (Å²) in [7, 11) is 0. The monoisotopic (exact) mass is 592 g/mol. The number of carbonyl (C=O) groups excluding carboxylic acids is 3. The molecule has 2 atom stereocenters. The van der Waals surface area contributed by atoms with Crippen LogP contribution < -0.4 is 10.6 Å². The molecule has 0 aromatic carbocycles. The largest absolute Gasteiger partial charge is 0.358 e. The van der Waals surface area contributed by atoms with E-state index in [0.29, 0.717) is 32.4 Å². The predicted molar refractivity (Wildman–Crippen MR) is 171 cm³/mol. The molecule has 2 unspecified atom stereocenters. The van der Waals surface area contributed by atoms with E-state index in [-0.39, 0.29) is 18.0 Å². The van der Waals surface area contributed by atoms with E-state index in [1.54, 1.807) is 0 Å². The van der Waals surface area contributed by atoms with Gasteiger partial charge >= 0.3 is 6.03 Å². The number of piperidine rings is 1. The van der Waals surface area contributed by atoms with Crippen LogP contribution in [0.4, 0.5) is 4.79 Å². The van der Waals surface area contributed by atoms with Crippen molar-refractivity contribution in [2.75, 3.05) is 32.8 Å². The van der Waals surface area contributed by atoms with Crippen LogP contribution in [-0.4, -0.2) is 73.2 Å². The van der Waals surface area contributed by atoms with Gasteiger partial charge in [-0.2, -0.15) is 0 Å². The van der Waals surface area contributed by atoms with Crippen LogP contribution in [-0.2, 0) is 14.3 Å². The number of ether oxygens (including phenoxy) is 1. The van der Waals surface area contributed by atoms with Crippen molar-refractivity contribution in [3.8, 4) is 0 Å². The summed E-state index contributed by atoms with van der Waals surface area (Å²) in [6.07, 6.45) is 27.9. The van der Waals surface area contributed by atoms with Crippen LogP contribution in [0.1, 0.15) is 155 Å². The molecule has 0 aliphatic carbocycles. The van der Waals surface area contributed by atoms with Crippen molar-refractivity contribution in [1.82, 2.24) is 20.4 Å². The number of nitrogens with one attached hydrogen (secondary N) is 2. The molecule has 2 rings (SSSR count). The van der Waals surface area contributed by atoms with E-state index < -0.39 is 6.23 Å². The molecule has 2 aliphatic rings. The van der Waals surface area contributed by atoms with Crippen molar-refractivity contribution in [1.29, 1.82) is 0 Å². The Kier molecular flexibility index (Phi) is 21.3. The lowest BCUT2D eigenvalue weighted by atomic mass is 10.00. The number of rotatable bonds is 26. The van der Waals surface area contributed by atoms with Crippen molar-refractivity contribution in [3.05, 3.63) is 0 Å². The molecule has 244 valence electrons. The van der Waals surface area contributed by atoms with Crippen molar-refractivity contribution in [3.63, 3.8) is 0 Å². The molecular formula is C34H64N4O4. The van der Waals surface area contributed by atoms with E-state index in [2.05, 4.69) is 17.6 Å². The number of likely N-dealkylation sites (tertiary alicyclic amines) is 2. The van der Waals surface area contributed by atoms with Crippen molar-refractivity contribution in [2.24, 2.45) is 0 Å². The quantitative estimate of drug-likeness (QED) is 0.0626. The first-order valence-corrected chi connectivity index (χ1v) is 17.8. The Morgan fingerprint density at radius 3 is 2.07 bits per heavy atom. The molecular weight excluding hydrogens is 528 g/mol. The molecule has 0 saturated carbocycles. The highest BCUT2D eigenvalue weighted by Gasteiger charge is 2.27. The maximum atomic E-state index is 12.9. The van der Waals surface area contributed by atoms with Crippen molar-refractivity contribution in [2.45, 2.75) is 167 Å². The third-order valence-corrected chi connectivity index (χ3v) is 9.05. The fourth-order valence-corrected chi connectivity index (χ4v) is 6.39. The summed E-state index contributed by atoms with van der Waals surface area (Å²) in [5.41, 5.74) is 0. The van der Waals surface area contributed by atoms with Gasteiger partial charge in [-0.25, -0.2) is 4.79 Å². The van der Waals surface area contributed by atoms with Crippen LogP contribution in [0, 0.1) is 0 Å². The first-order valence-electron chi connectivity index (χ1n) is 17.8. The fraction of sp³-hybridized carbons (Fsp3) is 0.912. The SMILES string of the molecule is CCCCCCCCCCCCCCCCCCNC(=O)N1CCCCC1CCOC(CCN1CCCC1=O)NC=O. The number of nitrogens with zero attached hydrogens (tertiary/aromatic N) is 2. The molecule has 0 aromatic rings. The van der Waals surface area contributed by atoms with Gasteiger partial charge in [0, 0.05) is 45.1 Å². The minimum atomic E-state index is -0.406. The third-order valence-electron chi connectivity index (χ3n) is 9.05. The van der Waals surface area contributed by atoms with Gasteiger partial charge in [0.1, 0.15) is 6.23 Å². The summed E-state index contributed by atoms with van der Waals surface area (Å²) < 4.78 is 5.97. The fourth-order valence-electron chi connectivity index (χ4n) is 6.39. The first-order chi connectivity index (χ1) is 20.7. The Hall–Kier alpha value is -1.83. The van der Waals surface area contributed by atoms with Crippen LogP contribution in [0.3, 0.4) is 0 Å². The molecule has 0 aromatic heterocycles. The van der Waals surface area contributed by atoms with Gasteiger partial charge in [-0.3, -0.25) is 9.59 Å². The van der Waals surface area contributed by atoms with Crippen LogP contribution in [0.2, 0.25) is 0 Å². The molecule has 8 heteroatoms. The molecule has 0 spiro atoms. The van der Waals surface area contributed by atoms with Gasteiger partial charge in [-0.05, 0) is 38.5 Å². The highest BCUT2D eigenvalue weighted by Crippen LogP contribution is 2.20. The molecule has 2 N–H and O–H groups in total. The van der Waals surface area contributed by atoms with Crippen LogP contribution >= 0.6 is 0 Å². The molecule has 8 nitrogen and oxygen atoms in total. The van der Waals surface area contributed by atoms with Gasteiger partial charge in [0.2, 0.25) is 12.3 Å². The molecule has 2 saturated heterocycles. The first kappa shape index (κ1) is 36.4. The molecule has 2 heterocycles. The predicted octanol–water partition coefficient (Wildman–Crippen LogP) is 7.30. The topological polar surface area (TPSA) is 91.0 Å². The van der Waals surface area contributed by atoms with Gasteiger partial charge in [0.05, 0.1) is 6.61 Å². The number of carbonyl (C=O) groups is 3. The lowest BCUT2D eigenvalue weighted by molar-refractivity contribution is -0.128. The average molecular weight is 593 g/mol. The molecule has 0 bridgehead atoms. The number of amides is 4. The summed E-state index contributed by atoms with van der Waals surface area (Å²) in [5.74, 6) is 0.184. The number of hydrogen-bond acceptors (Lipinski definition) is 4. The lowest BCUT2D eigenvalue weighted by Crippen LogP contribution is -2.49. The van der Waals surface area contributed by atoms with E-state index in [9.17, 15) is 14.4 Å². The maximum absolute atomic E-state index is 12.9. The van der Waals surface area contributed by atoms with Gasteiger partial charge in [-0.15, -0.1) is 0 Å². The Morgan fingerprint density at radius 1 is 0.881 bits per heavy atom. The smallest absolute Gasteiger partial charge is 0.317 e. The second-order valence-electron chi connectivity index (χ2n) is 12.6. The van der Waals surface area contributed by atoms with E-state index >= 15 is 0 Å². The highest BCUT2D eigenvalue weighted by molar-refractivity contribution is 5.78. The van der Waals surface area contributed by atoms with Crippen LogP contribution in [0.5, 0.6) is 0 Å². The Labute approximate surface area is 257 Å². The van der Waals surface area contributed by atoms with E-state index in [0.717, 1.165) is 58.2 Å². The third kappa shape index (κ3) is 16.7. The van der Waals surface area contributed by atoms with Gasteiger partial charge < -0.3 is 25.2 Å². The Balaban J connectivity index is 1.47. The van der Waals surface area contributed by atoms with Gasteiger partial charge in [-0.1, -0.05) is 103 Å².